The molecule has 1 heterocycles. The lowest BCUT2D eigenvalue weighted by molar-refractivity contribution is 1.18. The zero-order valence-electron chi connectivity index (χ0n) is 9.02. The van der Waals surface area contributed by atoms with E-state index in [2.05, 4.69) is 33.0 Å². The average molecular weight is 274 g/mol. The second kappa shape index (κ2) is 5.08. The van der Waals surface area contributed by atoms with Crippen LogP contribution in [0.25, 0.3) is 10.6 Å². The van der Waals surface area contributed by atoms with Crippen molar-refractivity contribution in [3.05, 3.63) is 65.5 Å². The van der Waals surface area contributed by atoms with E-state index in [9.17, 15) is 0 Å². The van der Waals surface area contributed by atoms with Crippen LogP contribution >= 0.6 is 15.9 Å². The molecule has 1 aromatic carbocycles. The first kappa shape index (κ1) is 11.1. The molecule has 0 saturated carbocycles. The maximum atomic E-state index is 4.43. The van der Waals surface area contributed by atoms with Crippen molar-refractivity contribution in [2.75, 3.05) is 0 Å². The number of aromatic nitrogens is 1. The monoisotopic (exact) mass is 273 g/mol. The minimum atomic E-state index is 0.968. The highest BCUT2D eigenvalue weighted by atomic mass is 79.9. The van der Waals surface area contributed by atoms with Gasteiger partial charge in [-0.05, 0) is 30.7 Å². The van der Waals surface area contributed by atoms with Gasteiger partial charge in [0.1, 0.15) is 0 Å². The van der Waals surface area contributed by atoms with Crippen LogP contribution in [0.15, 0.2) is 48.5 Å². The van der Waals surface area contributed by atoms with Gasteiger partial charge in [0.25, 0.3) is 0 Å². The molecule has 16 heavy (non-hydrogen) atoms. The van der Waals surface area contributed by atoms with E-state index in [1.54, 1.807) is 0 Å². The van der Waals surface area contributed by atoms with Crippen LogP contribution in [0.4, 0.5) is 0 Å². The molecule has 80 valence electrons. The van der Waals surface area contributed by atoms with Gasteiger partial charge in [0.2, 0.25) is 0 Å². The summed E-state index contributed by atoms with van der Waals surface area (Å²) in [4.78, 5) is 4.43. The van der Waals surface area contributed by atoms with Crippen LogP contribution < -0.4 is 0 Å². The van der Waals surface area contributed by atoms with Crippen LogP contribution in [0.2, 0.25) is 0 Å². The van der Waals surface area contributed by atoms with Gasteiger partial charge >= 0.3 is 0 Å². The number of halogens is 1. The first-order chi connectivity index (χ1) is 7.75. The molecule has 0 fully saturated rings. The predicted molar refractivity (Wildman–Crippen MR) is 72.2 cm³/mol. The Morgan fingerprint density at radius 3 is 2.50 bits per heavy atom. The summed E-state index contributed by atoms with van der Waals surface area (Å²) in [5.74, 6) is 0. The topological polar surface area (TPSA) is 12.9 Å². The van der Waals surface area contributed by atoms with Crippen molar-refractivity contribution < 1.29 is 0 Å². The normalized spacial score (nSPS) is 11.5. The number of hydrogen-bond donors (Lipinski definition) is 0. The third-order valence-corrected chi connectivity index (χ3v) is 2.92. The fraction of sp³-hybridized carbons (Fsp3) is 0.0714. The quantitative estimate of drug-likeness (QED) is 0.796. The summed E-state index contributed by atoms with van der Waals surface area (Å²) >= 11 is 3.57. The molecule has 0 aliphatic heterocycles. The highest BCUT2D eigenvalue weighted by Crippen LogP contribution is 2.23. The first-order valence-electron chi connectivity index (χ1n) is 5.12. The molecular formula is C14H12BrN. The fourth-order valence-corrected chi connectivity index (χ4v) is 1.95. The predicted octanol–water partition coefficient (Wildman–Crippen LogP) is 4.28. The van der Waals surface area contributed by atoms with Crippen molar-refractivity contribution in [3.8, 4) is 0 Å². The smallest absolute Gasteiger partial charge is 0.0644 e. The molecule has 0 atom stereocenters. The summed E-state index contributed by atoms with van der Waals surface area (Å²) in [7, 11) is 0. The van der Waals surface area contributed by atoms with E-state index in [-0.39, 0.29) is 0 Å². The lowest BCUT2D eigenvalue weighted by Crippen LogP contribution is -1.84. The van der Waals surface area contributed by atoms with Crippen molar-refractivity contribution in [1.82, 2.24) is 4.98 Å². The van der Waals surface area contributed by atoms with Gasteiger partial charge in [0, 0.05) is 10.2 Å². The molecule has 2 rings (SSSR count). The van der Waals surface area contributed by atoms with E-state index >= 15 is 0 Å². The van der Waals surface area contributed by atoms with E-state index in [1.807, 2.05) is 49.4 Å². The van der Waals surface area contributed by atoms with Gasteiger partial charge in [-0.3, -0.25) is 4.98 Å². The van der Waals surface area contributed by atoms with Gasteiger partial charge in [0.05, 0.1) is 5.69 Å². The van der Waals surface area contributed by atoms with Crippen molar-refractivity contribution in [3.63, 3.8) is 0 Å². The van der Waals surface area contributed by atoms with Crippen molar-refractivity contribution in [2.45, 2.75) is 6.92 Å². The molecule has 0 amide bonds. The van der Waals surface area contributed by atoms with Crippen LogP contribution in [0.3, 0.4) is 0 Å². The van der Waals surface area contributed by atoms with Crippen LogP contribution in [0.1, 0.15) is 17.0 Å². The van der Waals surface area contributed by atoms with Gasteiger partial charge in [0.15, 0.2) is 0 Å². The lowest BCUT2D eigenvalue weighted by Gasteiger charge is -2.00. The summed E-state index contributed by atoms with van der Waals surface area (Å²) in [6.45, 7) is 1.99. The summed E-state index contributed by atoms with van der Waals surface area (Å²) in [5, 5.41) is 0. The number of pyridine rings is 1. The second-order valence-corrected chi connectivity index (χ2v) is 4.42. The number of rotatable bonds is 2. The van der Waals surface area contributed by atoms with E-state index in [0.717, 1.165) is 21.4 Å². The Kier molecular flexibility index (Phi) is 3.52. The first-order valence-corrected chi connectivity index (χ1v) is 5.91. The minimum absolute atomic E-state index is 0.968. The molecule has 1 nitrogen and oxygen atoms in total. The molecule has 0 aliphatic carbocycles. The zero-order chi connectivity index (χ0) is 11.4. The molecule has 0 N–H and O–H groups in total. The molecule has 0 saturated heterocycles. The molecule has 2 heteroatoms. The fourth-order valence-electron chi connectivity index (χ4n) is 1.46. The SMILES string of the molecule is Cc1cccc(C=C(Br)c2ccccc2)n1. The summed E-state index contributed by atoms with van der Waals surface area (Å²) in [6, 6.07) is 16.2. The van der Waals surface area contributed by atoms with E-state index < -0.39 is 0 Å². The minimum Gasteiger partial charge on any atom is -0.254 e. The molecule has 0 aliphatic rings. The van der Waals surface area contributed by atoms with Crippen molar-refractivity contribution >= 4 is 26.5 Å². The third kappa shape index (κ3) is 2.80. The molecular weight excluding hydrogens is 262 g/mol. The van der Waals surface area contributed by atoms with E-state index in [0.29, 0.717) is 0 Å². The summed E-state index contributed by atoms with van der Waals surface area (Å²) in [5.41, 5.74) is 3.16. The number of aryl methyl sites for hydroxylation is 1. The standard InChI is InChI=1S/C14H12BrN/c1-11-6-5-9-13(16-11)10-14(15)12-7-3-2-4-8-12/h2-10H,1H3. The Hall–Kier alpha value is -1.41. The van der Waals surface area contributed by atoms with Gasteiger partial charge in [-0.25, -0.2) is 0 Å². The Bertz CT molecular complexity index is 503. The molecule has 2 aromatic rings. The van der Waals surface area contributed by atoms with Crippen LogP contribution in [-0.2, 0) is 0 Å². The van der Waals surface area contributed by atoms with Crippen LogP contribution in [0, 0.1) is 6.92 Å². The van der Waals surface area contributed by atoms with E-state index in [1.165, 1.54) is 0 Å². The Morgan fingerprint density at radius 1 is 1.06 bits per heavy atom. The van der Waals surface area contributed by atoms with Crippen LogP contribution in [0.5, 0.6) is 0 Å². The van der Waals surface area contributed by atoms with E-state index in [4.69, 9.17) is 0 Å². The largest absolute Gasteiger partial charge is 0.254 e. The van der Waals surface area contributed by atoms with Gasteiger partial charge < -0.3 is 0 Å². The maximum Gasteiger partial charge on any atom is 0.0644 e. The van der Waals surface area contributed by atoms with Gasteiger partial charge in [-0.1, -0.05) is 52.3 Å². The molecule has 0 spiro atoms. The highest BCUT2D eigenvalue weighted by molar-refractivity contribution is 9.15. The van der Waals surface area contributed by atoms with Crippen LogP contribution in [-0.4, -0.2) is 4.98 Å². The van der Waals surface area contributed by atoms with Crippen molar-refractivity contribution in [1.29, 1.82) is 0 Å². The maximum absolute atomic E-state index is 4.43. The third-order valence-electron chi connectivity index (χ3n) is 2.23. The van der Waals surface area contributed by atoms with Gasteiger partial charge in [-0.15, -0.1) is 0 Å². The Morgan fingerprint density at radius 2 is 1.81 bits per heavy atom. The Balaban J connectivity index is 2.32. The number of benzene rings is 1. The zero-order valence-corrected chi connectivity index (χ0v) is 10.6. The summed E-state index contributed by atoms with van der Waals surface area (Å²) < 4.78 is 1.05. The van der Waals surface area contributed by atoms with Gasteiger partial charge in [-0.2, -0.15) is 0 Å². The average Bonchev–Trinajstić information content (AvgIpc) is 2.30. The number of nitrogens with zero attached hydrogens (tertiary/aromatic N) is 1. The number of hydrogen-bond acceptors (Lipinski definition) is 1. The molecule has 0 bridgehead atoms. The second-order valence-electron chi connectivity index (χ2n) is 3.56. The van der Waals surface area contributed by atoms with Crippen molar-refractivity contribution in [2.24, 2.45) is 0 Å². The summed E-state index contributed by atoms with van der Waals surface area (Å²) in [6.07, 6.45) is 2.03. The molecule has 1 aromatic heterocycles. The highest BCUT2D eigenvalue weighted by Gasteiger charge is 1.97. The molecule has 0 unspecified atom stereocenters. The lowest BCUT2D eigenvalue weighted by atomic mass is 10.2. The Labute approximate surface area is 104 Å². The molecule has 0 radical (unpaired) electrons.